The van der Waals surface area contributed by atoms with Crippen LogP contribution in [0.2, 0.25) is 0 Å². The highest BCUT2D eigenvalue weighted by Crippen LogP contribution is 2.17. The van der Waals surface area contributed by atoms with Gasteiger partial charge in [-0.2, -0.15) is 0 Å². The Morgan fingerprint density at radius 3 is 1.11 bits per heavy atom. The number of hydrogen-bond acceptors (Lipinski definition) is 5. The van der Waals surface area contributed by atoms with E-state index in [-0.39, 0.29) is 18.5 Å². The number of esters is 1. The molecule has 1 amide bonds. The molecule has 2 unspecified atom stereocenters. The van der Waals surface area contributed by atoms with Gasteiger partial charge in [-0.3, -0.25) is 9.59 Å². The molecule has 0 saturated carbocycles. The third-order valence-electron chi connectivity index (χ3n) is 13.6. The van der Waals surface area contributed by atoms with Crippen LogP contribution in [0.3, 0.4) is 0 Å². The Hall–Kier alpha value is -1.40. The van der Waals surface area contributed by atoms with E-state index in [1.165, 1.54) is 238 Å². The van der Waals surface area contributed by atoms with Crippen LogP contribution in [0.15, 0.2) is 12.2 Å². The number of unbranched alkanes of at least 4 members (excludes halogenated alkanes) is 41. The average Bonchev–Trinajstić information content (AvgIpc) is 3.29. The fraction of sp³-hybridized carbons (Fsp3) is 0.931. The van der Waals surface area contributed by atoms with E-state index >= 15 is 0 Å². The summed E-state index contributed by atoms with van der Waals surface area (Å²) in [6.45, 7) is 4.94. The molecule has 380 valence electrons. The minimum Gasteiger partial charge on any atom is -0.466 e. The van der Waals surface area contributed by atoms with Gasteiger partial charge in [-0.15, -0.1) is 0 Å². The van der Waals surface area contributed by atoms with Gasteiger partial charge in [-0.1, -0.05) is 270 Å². The highest BCUT2D eigenvalue weighted by Gasteiger charge is 2.20. The molecule has 0 heterocycles. The maximum atomic E-state index is 12.5. The minimum absolute atomic E-state index is 0.0124. The van der Waals surface area contributed by atoms with E-state index in [9.17, 15) is 19.8 Å². The number of nitrogens with one attached hydrogen (secondary N) is 1. The number of rotatable bonds is 54. The van der Waals surface area contributed by atoms with Crippen molar-refractivity contribution in [2.24, 2.45) is 0 Å². The van der Waals surface area contributed by atoms with Crippen molar-refractivity contribution in [2.45, 2.75) is 334 Å². The lowest BCUT2D eigenvalue weighted by atomic mass is 10.0. The first kappa shape index (κ1) is 62.6. The SMILES string of the molecule is CCCCCCCC/C=C\CCCCCCCC(=O)OCCCCCCCCCCCCCCCC(=O)NC(CO)C(O)CCCCCCCCCCCCCCCCCCCCC. The predicted octanol–water partition coefficient (Wildman–Crippen LogP) is 17.7. The van der Waals surface area contributed by atoms with Crippen molar-refractivity contribution in [1.82, 2.24) is 5.32 Å². The zero-order chi connectivity index (χ0) is 46.5. The highest BCUT2D eigenvalue weighted by atomic mass is 16.5. The molecule has 64 heavy (non-hydrogen) atoms. The maximum Gasteiger partial charge on any atom is 0.305 e. The number of ether oxygens (including phenoxy) is 1. The molecular weight excluding hydrogens is 791 g/mol. The first-order valence-electron chi connectivity index (χ1n) is 28.9. The van der Waals surface area contributed by atoms with Gasteiger partial charge >= 0.3 is 5.97 Å². The van der Waals surface area contributed by atoms with E-state index in [4.69, 9.17) is 4.74 Å². The molecule has 0 spiro atoms. The number of aliphatic hydroxyl groups excluding tert-OH is 2. The van der Waals surface area contributed by atoms with Crippen molar-refractivity contribution in [3.63, 3.8) is 0 Å². The molecule has 2 atom stereocenters. The molecule has 0 saturated heterocycles. The van der Waals surface area contributed by atoms with Crippen LogP contribution in [-0.4, -0.2) is 47.4 Å². The van der Waals surface area contributed by atoms with Crippen LogP contribution in [0.1, 0.15) is 322 Å². The van der Waals surface area contributed by atoms with Gasteiger partial charge in [0.05, 0.1) is 25.4 Å². The lowest BCUT2D eigenvalue weighted by molar-refractivity contribution is -0.143. The van der Waals surface area contributed by atoms with E-state index < -0.39 is 12.1 Å². The summed E-state index contributed by atoms with van der Waals surface area (Å²) in [5.41, 5.74) is 0. The van der Waals surface area contributed by atoms with Crippen molar-refractivity contribution in [2.75, 3.05) is 13.2 Å². The molecule has 0 aromatic carbocycles. The first-order chi connectivity index (χ1) is 31.5. The summed E-state index contributed by atoms with van der Waals surface area (Å²) in [5.74, 6) is -0.0575. The first-order valence-corrected chi connectivity index (χ1v) is 28.9. The number of aliphatic hydroxyl groups is 2. The van der Waals surface area contributed by atoms with Gasteiger partial charge in [0, 0.05) is 12.8 Å². The summed E-state index contributed by atoms with van der Waals surface area (Å²) in [6.07, 6.45) is 63.3. The molecule has 0 bridgehead atoms. The molecule has 3 N–H and O–H groups in total. The number of carbonyl (C=O) groups excluding carboxylic acids is 2. The van der Waals surface area contributed by atoms with Gasteiger partial charge in [0.2, 0.25) is 5.91 Å². The van der Waals surface area contributed by atoms with Gasteiger partial charge in [0.25, 0.3) is 0 Å². The molecule has 0 aliphatic carbocycles. The number of hydrogen-bond donors (Lipinski definition) is 3. The van der Waals surface area contributed by atoms with Gasteiger partial charge in [0.1, 0.15) is 0 Å². The standard InChI is InChI=1S/C58H113NO5/c1-3-5-7-9-11-13-15-17-19-20-21-22-24-26-30-34-38-42-46-50-56(61)55(54-60)59-57(62)51-47-43-39-35-31-27-25-29-33-37-41-45-49-53-64-58(63)52-48-44-40-36-32-28-23-18-16-14-12-10-8-6-4-2/h18,23,55-56,60-61H,3-17,19-22,24-54H2,1-2H3,(H,59,62)/b23-18-. The van der Waals surface area contributed by atoms with Crippen molar-refractivity contribution in [3.05, 3.63) is 12.2 Å². The van der Waals surface area contributed by atoms with Crippen molar-refractivity contribution >= 4 is 11.9 Å². The second-order valence-corrected chi connectivity index (χ2v) is 20.0. The minimum atomic E-state index is -0.673. The lowest BCUT2D eigenvalue weighted by Crippen LogP contribution is -2.45. The smallest absolute Gasteiger partial charge is 0.305 e. The van der Waals surface area contributed by atoms with Crippen molar-refractivity contribution in [3.8, 4) is 0 Å². The second kappa shape index (κ2) is 54.2. The summed E-state index contributed by atoms with van der Waals surface area (Å²) in [4.78, 5) is 24.5. The monoisotopic (exact) mass is 904 g/mol. The van der Waals surface area contributed by atoms with Crippen molar-refractivity contribution < 1.29 is 24.5 Å². The molecule has 6 heteroatoms. The normalized spacial score (nSPS) is 12.6. The summed E-state index contributed by atoms with van der Waals surface area (Å²) in [5, 5.41) is 23.3. The summed E-state index contributed by atoms with van der Waals surface area (Å²) in [7, 11) is 0. The fourth-order valence-electron chi connectivity index (χ4n) is 9.11. The Kier molecular flexibility index (Phi) is 53.0. The number of allylic oxidation sites excluding steroid dienone is 2. The van der Waals surface area contributed by atoms with E-state index in [2.05, 4.69) is 31.3 Å². The van der Waals surface area contributed by atoms with Crippen LogP contribution >= 0.6 is 0 Å². The maximum absolute atomic E-state index is 12.5. The molecule has 0 aliphatic heterocycles. The van der Waals surface area contributed by atoms with Crippen LogP contribution in [0.5, 0.6) is 0 Å². The zero-order valence-corrected chi connectivity index (χ0v) is 43.3. The quantitative estimate of drug-likeness (QED) is 0.0321. The van der Waals surface area contributed by atoms with Gasteiger partial charge in [0.15, 0.2) is 0 Å². The number of amides is 1. The van der Waals surface area contributed by atoms with Crippen LogP contribution in [-0.2, 0) is 14.3 Å². The van der Waals surface area contributed by atoms with Crippen molar-refractivity contribution in [1.29, 1.82) is 0 Å². The third-order valence-corrected chi connectivity index (χ3v) is 13.6. The highest BCUT2D eigenvalue weighted by molar-refractivity contribution is 5.76. The van der Waals surface area contributed by atoms with E-state index in [0.29, 0.717) is 25.9 Å². The van der Waals surface area contributed by atoms with Crippen LogP contribution in [0.25, 0.3) is 0 Å². The summed E-state index contributed by atoms with van der Waals surface area (Å²) >= 11 is 0. The summed E-state index contributed by atoms with van der Waals surface area (Å²) < 4.78 is 5.47. The van der Waals surface area contributed by atoms with E-state index in [1.54, 1.807) is 0 Å². The van der Waals surface area contributed by atoms with Gasteiger partial charge in [-0.05, 0) is 51.4 Å². The Morgan fingerprint density at radius 1 is 0.422 bits per heavy atom. The Bertz CT molecular complexity index is 955. The zero-order valence-electron chi connectivity index (χ0n) is 43.3. The molecular formula is C58H113NO5. The fourth-order valence-corrected chi connectivity index (χ4v) is 9.11. The van der Waals surface area contributed by atoms with Crippen LogP contribution < -0.4 is 5.32 Å². The summed E-state index contributed by atoms with van der Waals surface area (Å²) in [6, 6.07) is -0.551. The molecule has 0 aliphatic rings. The molecule has 6 nitrogen and oxygen atoms in total. The Morgan fingerprint density at radius 2 is 0.734 bits per heavy atom. The topological polar surface area (TPSA) is 95.9 Å². The predicted molar refractivity (Wildman–Crippen MR) is 278 cm³/mol. The van der Waals surface area contributed by atoms with Crippen LogP contribution in [0.4, 0.5) is 0 Å². The van der Waals surface area contributed by atoms with E-state index in [0.717, 1.165) is 51.4 Å². The second-order valence-electron chi connectivity index (χ2n) is 20.0. The molecule has 0 rings (SSSR count). The molecule has 0 aromatic heterocycles. The Balaban J connectivity index is 3.44. The number of carbonyl (C=O) groups is 2. The van der Waals surface area contributed by atoms with Gasteiger partial charge < -0.3 is 20.3 Å². The third kappa shape index (κ3) is 50.0. The van der Waals surface area contributed by atoms with Crippen LogP contribution in [0, 0.1) is 0 Å². The van der Waals surface area contributed by atoms with Gasteiger partial charge in [-0.25, -0.2) is 0 Å². The molecule has 0 aromatic rings. The lowest BCUT2D eigenvalue weighted by Gasteiger charge is -2.22. The molecule has 0 fully saturated rings. The molecule has 0 radical (unpaired) electrons. The average molecular weight is 905 g/mol. The Labute approximate surface area is 399 Å². The van der Waals surface area contributed by atoms with E-state index in [1.807, 2.05) is 0 Å². The largest absolute Gasteiger partial charge is 0.466 e.